The summed E-state index contributed by atoms with van der Waals surface area (Å²) in [6.07, 6.45) is -2.15. The van der Waals surface area contributed by atoms with Crippen LogP contribution in [-0.4, -0.2) is 15.3 Å². The Morgan fingerprint density at radius 3 is 2.68 bits per heavy atom. The second kappa shape index (κ2) is 6.23. The number of carbonyl (C=O) groups is 1. The molecule has 2 aromatic heterocycles. The van der Waals surface area contributed by atoms with Crippen LogP contribution in [0.25, 0.3) is 5.65 Å². The Morgan fingerprint density at radius 1 is 1.24 bits per heavy atom. The molecule has 1 aromatic carbocycles. The lowest BCUT2D eigenvalue weighted by atomic mass is 10.2. The second-order valence-electron chi connectivity index (χ2n) is 5.73. The third kappa shape index (κ3) is 3.35. The van der Waals surface area contributed by atoms with Gasteiger partial charge in [0.15, 0.2) is 0 Å². The van der Waals surface area contributed by atoms with Gasteiger partial charge < -0.3 is 5.32 Å². The zero-order valence-corrected chi connectivity index (χ0v) is 13.7. The molecular weight excluding hydrogens is 331 g/mol. The zero-order valence-electron chi connectivity index (χ0n) is 13.7. The van der Waals surface area contributed by atoms with Crippen LogP contribution in [0, 0.1) is 6.92 Å². The van der Waals surface area contributed by atoms with Crippen LogP contribution in [0.4, 0.5) is 18.9 Å². The highest BCUT2D eigenvalue weighted by molar-refractivity contribution is 6.04. The van der Waals surface area contributed by atoms with Crippen molar-refractivity contribution in [3.63, 3.8) is 0 Å². The molecule has 0 aliphatic carbocycles. The average Bonchev–Trinajstić information content (AvgIpc) is 2.92. The smallest absolute Gasteiger partial charge is 0.321 e. The second-order valence-corrected chi connectivity index (χ2v) is 5.73. The molecule has 2 heterocycles. The predicted octanol–water partition coefficient (Wildman–Crippen LogP) is 4.48. The highest BCUT2D eigenvalue weighted by Gasteiger charge is 2.30. The minimum Gasteiger partial charge on any atom is -0.321 e. The Balaban J connectivity index is 1.99. The molecule has 0 atom stereocenters. The number of carbonyl (C=O) groups excluding carboxylic acids is 1. The highest BCUT2D eigenvalue weighted by atomic mass is 19.4. The summed E-state index contributed by atoms with van der Waals surface area (Å²) >= 11 is 0. The lowest BCUT2D eigenvalue weighted by molar-refractivity contribution is -0.137. The van der Waals surface area contributed by atoms with Crippen molar-refractivity contribution in [2.24, 2.45) is 0 Å². The maximum atomic E-state index is 12.8. The van der Waals surface area contributed by atoms with Gasteiger partial charge in [0.05, 0.1) is 11.3 Å². The fourth-order valence-electron chi connectivity index (χ4n) is 2.65. The van der Waals surface area contributed by atoms with Crippen LogP contribution in [-0.2, 0) is 12.6 Å². The summed E-state index contributed by atoms with van der Waals surface area (Å²) in [6, 6.07) is 8.25. The SMILES string of the molecule is CCc1nc2ccc(C)cn2c1C(=O)Nc1cccc(C(F)(F)F)c1. The standard InChI is InChI=1S/C18H16F3N3O/c1-3-14-16(24-10-11(2)7-8-15(24)23-14)17(25)22-13-6-4-5-12(9-13)18(19,20)21/h4-10H,3H2,1-2H3,(H,22,25). The Bertz CT molecular complexity index is 944. The van der Waals surface area contributed by atoms with E-state index in [0.717, 1.165) is 17.7 Å². The molecule has 0 radical (unpaired) electrons. The van der Waals surface area contributed by atoms with Crippen LogP contribution in [0.1, 0.15) is 34.2 Å². The Morgan fingerprint density at radius 2 is 2.00 bits per heavy atom. The number of nitrogens with zero attached hydrogens (tertiary/aromatic N) is 2. The van der Waals surface area contributed by atoms with Crippen LogP contribution in [0.15, 0.2) is 42.6 Å². The molecule has 0 saturated carbocycles. The fraction of sp³-hybridized carbons (Fsp3) is 0.222. The molecule has 1 amide bonds. The lowest BCUT2D eigenvalue weighted by Gasteiger charge is -2.10. The number of hydrogen-bond donors (Lipinski definition) is 1. The molecular formula is C18H16F3N3O. The van der Waals surface area contributed by atoms with Gasteiger partial charge in [-0.05, 0) is 43.2 Å². The van der Waals surface area contributed by atoms with Gasteiger partial charge >= 0.3 is 6.18 Å². The number of rotatable bonds is 3. The van der Waals surface area contributed by atoms with Crippen molar-refractivity contribution in [2.45, 2.75) is 26.4 Å². The van der Waals surface area contributed by atoms with Crippen LogP contribution in [0.2, 0.25) is 0 Å². The summed E-state index contributed by atoms with van der Waals surface area (Å²) in [6.45, 7) is 3.76. The summed E-state index contributed by atoms with van der Waals surface area (Å²) in [4.78, 5) is 17.1. The molecule has 25 heavy (non-hydrogen) atoms. The van der Waals surface area contributed by atoms with E-state index in [0.29, 0.717) is 23.5 Å². The number of amides is 1. The number of anilines is 1. The molecule has 0 bridgehead atoms. The van der Waals surface area contributed by atoms with Gasteiger partial charge in [0.1, 0.15) is 11.3 Å². The van der Waals surface area contributed by atoms with Gasteiger partial charge in [-0.25, -0.2) is 4.98 Å². The highest BCUT2D eigenvalue weighted by Crippen LogP contribution is 2.30. The maximum Gasteiger partial charge on any atom is 0.416 e. The van der Waals surface area contributed by atoms with E-state index in [9.17, 15) is 18.0 Å². The number of hydrogen-bond acceptors (Lipinski definition) is 2. The molecule has 3 aromatic rings. The van der Waals surface area contributed by atoms with Crippen LogP contribution in [0.5, 0.6) is 0 Å². The van der Waals surface area contributed by atoms with E-state index in [4.69, 9.17) is 0 Å². The van der Waals surface area contributed by atoms with Crippen molar-refractivity contribution < 1.29 is 18.0 Å². The van der Waals surface area contributed by atoms with E-state index in [-0.39, 0.29) is 5.69 Å². The molecule has 3 rings (SSSR count). The van der Waals surface area contributed by atoms with Gasteiger partial charge in [-0.1, -0.05) is 19.1 Å². The summed E-state index contributed by atoms with van der Waals surface area (Å²) in [5, 5.41) is 2.54. The zero-order chi connectivity index (χ0) is 18.2. The summed E-state index contributed by atoms with van der Waals surface area (Å²) in [5.41, 5.74) is 1.77. The van der Waals surface area contributed by atoms with Crippen molar-refractivity contribution >= 4 is 17.2 Å². The van der Waals surface area contributed by atoms with Crippen LogP contribution >= 0.6 is 0 Å². The minimum atomic E-state index is -4.46. The molecule has 130 valence electrons. The van der Waals surface area contributed by atoms with Crippen LogP contribution in [0.3, 0.4) is 0 Å². The molecule has 0 aliphatic heterocycles. The molecule has 0 aliphatic rings. The van der Waals surface area contributed by atoms with Crippen molar-refractivity contribution in [3.05, 3.63) is 65.1 Å². The summed E-state index contributed by atoms with van der Waals surface area (Å²) in [5.74, 6) is -0.491. The van der Waals surface area contributed by atoms with Crippen LogP contribution < -0.4 is 5.32 Å². The van der Waals surface area contributed by atoms with Gasteiger partial charge in [0.2, 0.25) is 0 Å². The number of alkyl halides is 3. The third-order valence-corrected chi connectivity index (χ3v) is 3.84. The van der Waals surface area contributed by atoms with Gasteiger partial charge in [-0.2, -0.15) is 13.2 Å². The summed E-state index contributed by atoms with van der Waals surface area (Å²) in [7, 11) is 0. The normalized spacial score (nSPS) is 11.7. The third-order valence-electron chi connectivity index (χ3n) is 3.84. The van der Waals surface area contributed by atoms with Crippen molar-refractivity contribution in [2.75, 3.05) is 5.32 Å². The monoisotopic (exact) mass is 347 g/mol. The molecule has 0 spiro atoms. The number of benzene rings is 1. The quantitative estimate of drug-likeness (QED) is 0.759. The molecule has 0 saturated heterocycles. The first-order valence-electron chi connectivity index (χ1n) is 7.76. The fourth-order valence-corrected chi connectivity index (χ4v) is 2.65. The van der Waals surface area contributed by atoms with Gasteiger partial charge in [-0.3, -0.25) is 9.20 Å². The van der Waals surface area contributed by atoms with E-state index >= 15 is 0 Å². The number of imidazole rings is 1. The Kier molecular flexibility index (Phi) is 4.24. The first-order chi connectivity index (χ1) is 11.8. The number of nitrogens with one attached hydrogen (secondary N) is 1. The average molecular weight is 347 g/mol. The van der Waals surface area contributed by atoms with E-state index in [2.05, 4.69) is 10.3 Å². The van der Waals surface area contributed by atoms with Crippen molar-refractivity contribution in [3.8, 4) is 0 Å². The van der Waals surface area contributed by atoms with Gasteiger partial charge in [0, 0.05) is 11.9 Å². The molecule has 1 N–H and O–H groups in total. The maximum absolute atomic E-state index is 12.8. The van der Waals surface area contributed by atoms with Crippen molar-refractivity contribution in [1.29, 1.82) is 0 Å². The molecule has 0 fully saturated rings. The number of pyridine rings is 1. The minimum absolute atomic E-state index is 0.0875. The lowest BCUT2D eigenvalue weighted by Crippen LogP contribution is -2.17. The number of aryl methyl sites for hydroxylation is 2. The number of fused-ring (bicyclic) bond motifs is 1. The van der Waals surface area contributed by atoms with E-state index < -0.39 is 17.6 Å². The number of halogens is 3. The predicted molar refractivity (Wildman–Crippen MR) is 88.7 cm³/mol. The first kappa shape index (κ1) is 17.0. The van der Waals surface area contributed by atoms with Gasteiger partial charge in [-0.15, -0.1) is 0 Å². The van der Waals surface area contributed by atoms with E-state index in [1.165, 1.54) is 12.1 Å². The number of aromatic nitrogens is 2. The van der Waals surface area contributed by atoms with Crippen molar-refractivity contribution in [1.82, 2.24) is 9.38 Å². The van der Waals surface area contributed by atoms with E-state index in [1.54, 1.807) is 16.7 Å². The first-order valence-corrected chi connectivity index (χ1v) is 7.76. The van der Waals surface area contributed by atoms with E-state index in [1.807, 2.05) is 19.9 Å². The summed E-state index contributed by atoms with van der Waals surface area (Å²) < 4.78 is 40.1. The Hall–Kier alpha value is -2.83. The van der Waals surface area contributed by atoms with Gasteiger partial charge in [0.25, 0.3) is 5.91 Å². The molecule has 0 unspecified atom stereocenters. The topological polar surface area (TPSA) is 46.4 Å². The molecule has 4 nitrogen and oxygen atoms in total. The Labute approximate surface area is 142 Å². The largest absolute Gasteiger partial charge is 0.416 e. The molecule has 7 heteroatoms.